The molecule has 5 fully saturated rings. The number of aliphatic hydroxyl groups is 4. The average molecular weight is 853 g/mol. The quantitative estimate of drug-likeness (QED) is 0.231. The minimum atomic E-state index is -2.12. The van der Waals surface area contributed by atoms with Crippen molar-refractivity contribution in [2.45, 2.75) is 121 Å². The Labute approximate surface area is 355 Å². The lowest BCUT2D eigenvalue weighted by Crippen LogP contribution is -2.65. The highest BCUT2D eigenvalue weighted by molar-refractivity contribution is 6.01. The second-order valence-electron chi connectivity index (χ2n) is 19.9. The Kier molecular flexibility index (Phi) is 12.0. The van der Waals surface area contributed by atoms with Gasteiger partial charge in [0.05, 0.1) is 12.2 Å². The number of hydrogen-bond acceptors (Lipinski definition) is 13. The molecule has 15 atom stereocenters. The third-order valence-corrected chi connectivity index (χ3v) is 17.1. The van der Waals surface area contributed by atoms with Crippen molar-refractivity contribution < 1.29 is 67.8 Å². The summed E-state index contributed by atoms with van der Waals surface area (Å²) >= 11 is 0. The van der Waals surface area contributed by atoms with E-state index in [9.17, 15) is 49.2 Å². The van der Waals surface area contributed by atoms with E-state index in [0.717, 1.165) is 5.57 Å². The number of hydrogen-bond donors (Lipinski definition) is 4. The van der Waals surface area contributed by atoms with Gasteiger partial charge in [0.15, 0.2) is 24.8 Å². The monoisotopic (exact) mass is 852 g/mol. The van der Waals surface area contributed by atoms with Crippen LogP contribution in [0.1, 0.15) is 92.4 Å². The van der Waals surface area contributed by atoms with Crippen LogP contribution >= 0.6 is 0 Å². The number of ether oxygens (including phenoxy) is 3. The van der Waals surface area contributed by atoms with Gasteiger partial charge in [-0.1, -0.05) is 58.4 Å². The molecular formula is C47H61FO13. The summed E-state index contributed by atoms with van der Waals surface area (Å²) in [7, 11) is 0. The third-order valence-electron chi connectivity index (χ3n) is 17.1. The number of fused-ring (bicyclic) bond motifs is 8. The normalized spacial score (nSPS) is 45.1. The van der Waals surface area contributed by atoms with Crippen LogP contribution in [-0.2, 0) is 43.0 Å². The van der Waals surface area contributed by atoms with Crippen molar-refractivity contribution in [1.29, 1.82) is 0 Å². The number of halogens is 1. The van der Waals surface area contributed by atoms with Crippen LogP contribution in [0, 0.1) is 57.7 Å². The van der Waals surface area contributed by atoms with Crippen molar-refractivity contribution in [2.24, 2.45) is 57.7 Å². The first-order chi connectivity index (χ1) is 28.6. The van der Waals surface area contributed by atoms with E-state index in [-0.39, 0.29) is 61.4 Å². The van der Waals surface area contributed by atoms with Crippen molar-refractivity contribution in [3.05, 3.63) is 48.1 Å². The molecular weight excluding hydrogens is 792 g/mol. The fourth-order valence-electron chi connectivity index (χ4n) is 13.9. The molecule has 0 aliphatic heterocycles. The maximum absolute atomic E-state index is 17.1. The molecule has 5 saturated carbocycles. The topological polar surface area (TPSA) is 211 Å². The largest absolute Gasteiger partial charge is 0.456 e. The Morgan fingerprint density at radius 3 is 2.16 bits per heavy atom. The molecule has 0 aromatic carbocycles. The fourth-order valence-corrected chi connectivity index (χ4v) is 13.9. The van der Waals surface area contributed by atoms with Crippen LogP contribution in [-0.4, -0.2) is 111 Å². The van der Waals surface area contributed by atoms with Gasteiger partial charge in [-0.3, -0.25) is 19.2 Å². The van der Waals surface area contributed by atoms with Gasteiger partial charge in [0, 0.05) is 28.1 Å². The van der Waals surface area contributed by atoms with Crippen molar-refractivity contribution >= 4 is 35.1 Å². The summed E-state index contributed by atoms with van der Waals surface area (Å²) < 4.78 is 32.6. The second kappa shape index (κ2) is 16.1. The molecule has 334 valence electrons. The van der Waals surface area contributed by atoms with E-state index in [2.05, 4.69) is 0 Å². The molecule has 0 radical (unpaired) electrons. The maximum atomic E-state index is 17.1. The van der Waals surface area contributed by atoms with Gasteiger partial charge >= 0.3 is 11.9 Å². The zero-order valence-corrected chi connectivity index (χ0v) is 35.8. The number of allylic oxidation sites excluding steroid dienone is 8. The van der Waals surface area contributed by atoms with Gasteiger partial charge in [-0.15, -0.1) is 0 Å². The van der Waals surface area contributed by atoms with Gasteiger partial charge in [0.1, 0.15) is 30.1 Å². The van der Waals surface area contributed by atoms with E-state index in [1.807, 2.05) is 19.9 Å². The predicted octanol–water partition coefficient (Wildman–Crippen LogP) is 3.83. The first-order valence-corrected chi connectivity index (χ1v) is 21.9. The summed E-state index contributed by atoms with van der Waals surface area (Å²) in [5.74, 6) is -6.88. The van der Waals surface area contributed by atoms with Gasteiger partial charge in [0.2, 0.25) is 11.6 Å². The van der Waals surface area contributed by atoms with Crippen molar-refractivity contribution in [3.8, 4) is 0 Å². The zero-order valence-electron chi connectivity index (χ0n) is 35.8. The summed E-state index contributed by atoms with van der Waals surface area (Å²) in [6, 6.07) is 0. The number of rotatable bonds is 10. The lowest BCUT2D eigenvalue weighted by Gasteiger charge is -2.59. The summed E-state index contributed by atoms with van der Waals surface area (Å²) in [6.07, 6.45) is 11.4. The first-order valence-electron chi connectivity index (χ1n) is 21.9. The predicted molar refractivity (Wildman–Crippen MR) is 216 cm³/mol. The minimum absolute atomic E-state index is 0.00222. The molecule has 4 N–H and O–H groups in total. The van der Waals surface area contributed by atoms with Crippen LogP contribution in [0.15, 0.2) is 48.1 Å². The molecule has 14 heteroatoms. The molecule has 0 saturated heterocycles. The van der Waals surface area contributed by atoms with Crippen molar-refractivity contribution in [3.63, 3.8) is 0 Å². The highest BCUT2D eigenvalue weighted by Gasteiger charge is 2.73. The van der Waals surface area contributed by atoms with Crippen molar-refractivity contribution in [2.75, 3.05) is 26.4 Å². The zero-order chi connectivity index (χ0) is 44.5. The van der Waals surface area contributed by atoms with E-state index in [1.54, 1.807) is 39.0 Å². The van der Waals surface area contributed by atoms with Crippen LogP contribution in [0.2, 0.25) is 0 Å². The van der Waals surface area contributed by atoms with Gasteiger partial charge in [-0.05, 0) is 112 Å². The SMILES string of the molecule is CC1C=CC(=O)C=CCCC2C3CC(C)C(O)(C(=O)COC(=O)COCC(=O)OCC(=O)C4(O)CCC5C6CCC7=CC(=O)C=CC7(C)C6C(O)CC54C)C3(C)CC(O)C12F. The number of alkyl halides is 1. The van der Waals surface area contributed by atoms with Gasteiger partial charge < -0.3 is 34.6 Å². The number of esters is 2. The van der Waals surface area contributed by atoms with Crippen molar-refractivity contribution in [1.82, 2.24) is 0 Å². The minimum Gasteiger partial charge on any atom is -0.456 e. The van der Waals surface area contributed by atoms with Crippen LogP contribution in [0.5, 0.6) is 0 Å². The Hall–Kier alpha value is -3.69. The maximum Gasteiger partial charge on any atom is 0.332 e. The third kappa shape index (κ3) is 7.07. The fraction of sp³-hybridized carbons (Fsp3) is 0.702. The van der Waals surface area contributed by atoms with Gasteiger partial charge in [0.25, 0.3) is 0 Å². The number of carbonyl (C=O) groups is 6. The average Bonchev–Trinajstić information content (AvgIpc) is 3.59. The van der Waals surface area contributed by atoms with E-state index < -0.39 is 119 Å². The molecule has 7 aliphatic rings. The molecule has 0 aromatic heterocycles. The van der Waals surface area contributed by atoms with E-state index in [4.69, 9.17) is 14.2 Å². The van der Waals surface area contributed by atoms with E-state index >= 15 is 4.39 Å². The molecule has 61 heavy (non-hydrogen) atoms. The number of carbonyl (C=O) groups excluding carboxylic acids is 6. The van der Waals surface area contributed by atoms with Crippen LogP contribution in [0.4, 0.5) is 4.39 Å². The van der Waals surface area contributed by atoms with E-state index in [0.29, 0.717) is 25.7 Å². The summed E-state index contributed by atoms with van der Waals surface area (Å²) in [4.78, 5) is 77.0. The highest BCUT2D eigenvalue weighted by atomic mass is 19.1. The molecule has 15 unspecified atom stereocenters. The van der Waals surface area contributed by atoms with Crippen LogP contribution < -0.4 is 0 Å². The summed E-state index contributed by atoms with van der Waals surface area (Å²) in [5.41, 5.74) is -7.81. The standard InChI is InChI=1S/C47H61FO13/c1-26-10-12-29(49)8-6-7-9-33-34-18-27(2)47(58,44(34,5)21-36(52)46(26,33)48)38(54)23-61-40(56)25-59-24-39(55)60-22-37(53)45(57)17-15-32-31-13-11-28-19-30(50)14-16-42(28,3)41(31)35(51)20-43(32,45)4/h6,8,10,12,14,16,19,26-27,31-36,41,51-52,57-58H,7,9,11,13,15,17-18,20-25H2,1-5H3. The molecule has 7 aliphatic carbocycles. The molecule has 7 rings (SSSR count). The second-order valence-corrected chi connectivity index (χ2v) is 19.9. The van der Waals surface area contributed by atoms with Gasteiger partial charge in [-0.25, -0.2) is 14.0 Å². The molecule has 0 amide bonds. The molecule has 0 spiro atoms. The van der Waals surface area contributed by atoms with Crippen LogP contribution in [0.25, 0.3) is 0 Å². The molecule has 0 aromatic rings. The Balaban J connectivity index is 0.901. The van der Waals surface area contributed by atoms with Crippen LogP contribution in [0.3, 0.4) is 0 Å². The molecule has 0 heterocycles. The number of aliphatic hydroxyl groups excluding tert-OH is 2. The van der Waals surface area contributed by atoms with E-state index in [1.165, 1.54) is 18.2 Å². The summed E-state index contributed by atoms with van der Waals surface area (Å²) in [6.45, 7) is 5.72. The Morgan fingerprint density at radius 1 is 0.803 bits per heavy atom. The Morgan fingerprint density at radius 2 is 1.48 bits per heavy atom. The smallest absolute Gasteiger partial charge is 0.332 e. The lowest BCUT2D eigenvalue weighted by atomic mass is 9.46. The summed E-state index contributed by atoms with van der Waals surface area (Å²) in [5, 5.41) is 47.1. The van der Waals surface area contributed by atoms with Gasteiger partial charge in [-0.2, -0.15) is 0 Å². The number of Topliss-reactive ketones (excluding diaryl/α,β-unsaturated/α-hetero) is 2. The molecule has 13 nitrogen and oxygen atoms in total. The number of ketones is 4. The molecule has 0 bridgehead atoms. The first kappa shape index (κ1) is 45.3. The lowest BCUT2D eigenvalue weighted by molar-refractivity contribution is -0.204. The Bertz CT molecular complexity index is 1970. The highest BCUT2D eigenvalue weighted by Crippen LogP contribution is 2.68.